The molecule has 3 aromatic rings. The van der Waals surface area contributed by atoms with Gasteiger partial charge in [-0.1, -0.05) is 19.1 Å². The summed E-state index contributed by atoms with van der Waals surface area (Å²) in [6, 6.07) is 15.9. The Labute approximate surface area is 174 Å². The summed E-state index contributed by atoms with van der Waals surface area (Å²) in [5.74, 6) is -0.450. The van der Waals surface area contributed by atoms with Crippen LogP contribution in [0.2, 0.25) is 0 Å². The lowest BCUT2D eigenvalue weighted by Gasteiger charge is -2.08. The van der Waals surface area contributed by atoms with E-state index >= 15 is 0 Å². The molecule has 0 bridgehead atoms. The van der Waals surface area contributed by atoms with Crippen molar-refractivity contribution < 1.29 is 22.4 Å². The predicted molar refractivity (Wildman–Crippen MR) is 112 cm³/mol. The summed E-state index contributed by atoms with van der Waals surface area (Å²) in [5.41, 5.74) is 1.79. The summed E-state index contributed by atoms with van der Waals surface area (Å²) in [5, 5.41) is 5.49. The number of carbonyl (C=O) groups excluding carboxylic acids is 2. The number of hydrogen-bond acceptors (Lipinski definition) is 5. The highest BCUT2D eigenvalue weighted by atomic mass is 32.2. The van der Waals surface area contributed by atoms with Crippen molar-refractivity contribution in [2.24, 2.45) is 0 Å². The van der Waals surface area contributed by atoms with Crippen LogP contribution in [-0.4, -0.2) is 26.8 Å². The second-order valence-corrected chi connectivity index (χ2v) is 8.10. The largest absolute Gasteiger partial charge is 0.459 e. The Bertz CT molecular complexity index is 1110. The number of anilines is 1. The maximum atomic E-state index is 12.3. The standard InChI is InChI=1S/C21H21N3O5S/c1-2-23-30(27,28)18-11-7-16(8-12-18)20(25)22-14-15-5-9-17(10-6-15)24-21(26)19-4-3-13-29-19/h3-13,23H,2,14H2,1H3,(H,22,25)(H,24,26). The van der Waals surface area contributed by atoms with Crippen LogP contribution in [0.1, 0.15) is 33.4 Å². The maximum absolute atomic E-state index is 12.3. The molecular formula is C21H21N3O5S. The Morgan fingerprint density at radius 2 is 1.63 bits per heavy atom. The summed E-state index contributed by atoms with van der Waals surface area (Å²) >= 11 is 0. The molecule has 3 rings (SSSR count). The smallest absolute Gasteiger partial charge is 0.291 e. The van der Waals surface area contributed by atoms with Gasteiger partial charge in [-0.25, -0.2) is 13.1 Å². The first-order valence-electron chi connectivity index (χ1n) is 9.21. The Morgan fingerprint density at radius 1 is 0.933 bits per heavy atom. The number of benzene rings is 2. The number of hydrogen-bond donors (Lipinski definition) is 3. The van der Waals surface area contributed by atoms with Crippen LogP contribution in [0.15, 0.2) is 76.2 Å². The van der Waals surface area contributed by atoms with Crippen molar-refractivity contribution in [3.63, 3.8) is 0 Å². The summed E-state index contributed by atoms with van der Waals surface area (Å²) in [7, 11) is -3.55. The van der Waals surface area contributed by atoms with E-state index in [1.165, 1.54) is 30.5 Å². The van der Waals surface area contributed by atoms with Crippen molar-refractivity contribution in [1.82, 2.24) is 10.0 Å². The van der Waals surface area contributed by atoms with Gasteiger partial charge in [0.05, 0.1) is 11.2 Å². The summed E-state index contributed by atoms with van der Waals surface area (Å²) < 4.78 is 31.3. The lowest BCUT2D eigenvalue weighted by molar-refractivity contribution is 0.0949. The quantitative estimate of drug-likeness (QED) is 0.511. The number of amides is 2. The molecule has 2 amide bonds. The van der Waals surface area contributed by atoms with Gasteiger partial charge in [0.2, 0.25) is 10.0 Å². The van der Waals surface area contributed by atoms with Crippen LogP contribution in [-0.2, 0) is 16.6 Å². The van der Waals surface area contributed by atoms with E-state index in [-0.39, 0.29) is 35.6 Å². The van der Waals surface area contributed by atoms with Crippen molar-refractivity contribution in [2.45, 2.75) is 18.4 Å². The third-order valence-electron chi connectivity index (χ3n) is 4.17. The molecule has 0 saturated heterocycles. The van der Waals surface area contributed by atoms with E-state index in [0.717, 1.165) is 5.56 Å². The monoisotopic (exact) mass is 427 g/mol. The van der Waals surface area contributed by atoms with E-state index in [1.807, 2.05) is 0 Å². The second kappa shape index (κ2) is 9.38. The van der Waals surface area contributed by atoms with Gasteiger partial charge in [0.15, 0.2) is 5.76 Å². The van der Waals surface area contributed by atoms with Gasteiger partial charge >= 0.3 is 0 Å². The Kier molecular flexibility index (Phi) is 6.65. The van der Waals surface area contributed by atoms with Crippen LogP contribution < -0.4 is 15.4 Å². The molecule has 8 nitrogen and oxygen atoms in total. The van der Waals surface area contributed by atoms with Gasteiger partial charge in [-0.3, -0.25) is 9.59 Å². The molecule has 0 fully saturated rings. The van der Waals surface area contributed by atoms with E-state index in [9.17, 15) is 18.0 Å². The fraction of sp³-hybridized carbons (Fsp3) is 0.143. The first-order chi connectivity index (χ1) is 14.4. The third-order valence-corrected chi connectivity index (χ3v) is 5.73. The number of sulfonamides is 1. The Balaban J connectivity index is 1.55. The van der Waals surface area contributed by atoms with E-state index in [0.29, 0.717) is 11.3 Å². The van der Waals surface area contributed by atoms with Gasteiger partial charge in [-0.15, -0.1) is 0 Å². The molecule has 0 saturated carbocycles. The first-order valence-corrected chi connectivity index (χ1v) is 10.7. The molecule has 0 aliphatic rings. The molecule has 0 radical (unpaired) electrons. The Morgan fingerprint density at radius 3 is 2.23 bits per heavy atom. The molecule has 2 aromatic carbocycles. The van der Waals surface area contributed by atoms with Crippen molar-refractivity contribution in [3.8, 4) is 0 Å². The lowest BCUT2D eigenvalue weighted by Crippen LogP contribution is -2.24. The first kappa shape index (κ1) is 21.3. The topological polar surface area (TPSA) is 118 Å². The molecule has 0 spiro atoms. The van der Waals surface area contributed by atoms with Gasteiger partial charge in [0, 0.05) is 24.3 Å². The van der Waals surface area contributed by atoms with E-state index in [2.05, 4.69) is 15.4 Å². The van der Waals surface area contributed by atoms with Gasteiger partial charge in [0.25, 0.3) is 11.8 Å². The summed E-state index contributed by atoms with van der Waals surface area (Å²) in [4.78, 5) is 24.4. The summed E-state index contributed by atoms with van der Waals surface area (Å²) in [6.45, 7) is 2.26. The van der Waals surface area contributed by atoms with E-state index in [1.54, 1.807) is 43.3 Å². The zero-order chi connectivity index (χ0) is 21.6. The molecule has 0 atom stereocenters. The molecule has 1 heterocycles. The van der Waals surface area contributed by atoms with Gasteiger partial charge in [-0.2, -0.15) is 0 Å². The molecule has 1 aromatic heterocycles. The van der Waals surface area contributed by atoms with Gasteiger partial charge < -0.3 is 15.1 Å². The SMILES string of the molecule is CCNS(=O)(=O)c1ccc(C(=O)NCc2ccc(NC(=O)c3ccco3)cc2)cc1. The van der Waals surface area contributed by atoms with Crippen LogP contribution in [0, 0.1) is 0 Å². The van der Waals surface area contributed by atoms with Gasteiger partial charge in [-0.05, 0) is 54.1 Å². The lowest BCUT2D eigenvalue weighted by atomic mass is 10.2. The van der Waals surface area contributed by atoms with Crippen molar-refractivity contribution in [1.29, 1.82) is 0 Å². The summed E-state index contributed by atoms with van der Waals surface area (Å²) in [6.07, 6.45) is 1.43. The zero-order valence-electron chi connectivity index (χ0n) is 16.2. The van der Waals surface area contributed by atoms with E-state index in [4.69, 9.17) is 4.42 Å². The molecule has 156 valence electrons. The van der Waals surface area contributed by atoms with Crippen LogP contribution in [0.5, 0.6) is 0 Å². The molecule has 30 heavy (non-hydrogen) atoms. The average Bonchev–Trinajstić information content (AvgIpc) is 3.28. The molecule has 3 N–H and O–H groups in total. The van der Waals surface area contributed by atoms with Gasteiger partial charge in [0.1, 0.15) is 0 Å². The molecule has 9 heteroatoms. The number of nitrogens with one attached hydrogen (secondary N) is 3. The van der Waals surface area contributed by atoms with Crippen molar-refractivity contribution >= 4 is 27.5 Å². The number of carbonyl (C=O) groups is 2. The zero-order valence-corrected chi connectivity index (χ0v) is 17.0. The highest BCUT2D eigenvalue weighted by molar-refractivity contribution is 7.89. The predicted octanol–water partition coefficient (Wildman–Crippen LogP) is 2.76. The second-order valence-electron chi connectivity index (χ2n) is 6.34. The number of furan rings is 1. The van der Waals surface area contributed by atoms with Crippen LogP contribution in [0.25, 0.3) is 0 Å². The highest BCUT2D eigenvalue weighted by Gasteiger charge is 2.14. The van der Waals surface area contributed by atoms with Crippen molar-refractivity contribution in [3.05, 3.63) is 83.8 Å². The molecular weight excluding hydrogens is 406 g/mol. The maximum Gasteiger partial charge on any atom is 0.291 e. The minimum atomic E-state index is -3.55. The van der Waals surface area contributed by atoms with Crippen LogP contribution >= 0.6 is 0 Å². The van der Waals surface area contributed by atoms with Crippen LogP contribution in [0.3, 0.4) is 0 Å². The molecule has 0 aliphatic heterocycles. The minimum Gasteiger partial charge on any atom is -0.459 e. The normalized spacial score (nSPS) is 11.1. The highest BCUT2D eigenvalue weighted by Crippen LogP contribution is 2.13. The molecule has 0 aliphatic carbocycles. The fourth-order valence-corrected chi connectivity index (χ4v) is 3.69. The van der Waals surface area contributed by atoms with Crippen LogP contribution in [0.4, 0.5) is 5.69 Å². The van der Waals surface area contributed by atoms with E-state index < -0.39 is 10.0 Å². The minimum absolute atomic E-state index is 0.105. The Hall–Kier alpha value is -3.43. The molecule has 0 unspecified atom stereocenters. The average molecular weight is 427 g/mol. The number of rotatable bonds is 8. The fourth-order valence-electron chi connectivity index (χ4n) is 2.65. The van der Waals surface area contributed by atoms with Crippen molar-refractivity contribution in [2.75, 3.05) is 11.9 Å². The third kappa shape index (κ3) is 5.34.